The molecule has 2 heterocycles. The highest BCUT2D eigenvalue weighted by Gasteiger charge is 2.17. The molecule has 1 unspecified atom stereocenters. The third kappa shape index (κ3) is 4.89. The minimum atomic E-state index is -0.110. The Kier molecular flexibility index (Phi) is 6.66. The number of allylic oxidation sites excluding steroid dienone is 2. The molecule has 5 N–H and O–H groups in total. The van der Waals surface area contributed by atoms with Gasteiger partial charge in [-0.1, -0.05) is 24.8 Å². The number of carbonyl (C=O) groups excluding carboxylic acids is 1. The van der Waals surface area contributed by atoms with Crippen molar-refractivity contribution in [3.8, 4) is 0 Å². The van der Waals surface area contributed by atoms with E-state index in [-0.39, 0.29) is 11.8 Å². The molecule has 0 aromatic heterocycles. The zero-order valence-corrected chi connectivity index (χ0v) is 16.4. The molecule has 0 radical (unpaired) electrons. The van der Waals surface area contributed by atoms with Crippen LogP contribution in [0.25, 0.3) is 12.3 Å². The largest absolute Gasteiger partial charge is 0.404 e. The van der Waals surface area contributed by atoms with Crippen LogP contribution in [0.5, 0.6) is 0 Å². The van der Waals surface area contributed by atoms with Crippen LogP contribution in [-0.4, -0.2) is 31.3 Å². The summed E-state index contributed by atoms with van der Waals surface area (Å²) in [5.41, 5.74) is 8.18. The zero-order valence-electron chi connectivity index (χ0n) is 16.4. The van der Waals surface area contributed by atoms with Gasteiger partial charge in [0.05, 0.1) is 0 Å². The Balaban J connectivity index is 1.93. The third-order valence-electron chi connectivity index (χ3n) is 5.09. The maximum atomic E-state index is 11.2. The molecule has 0 saturated carbocycles. The van der Waals surface area contributed by atoms with Crippen LogP contribution in [0.4, 0.5) is 5.69 Å². The lowest BCUT2D eigenvalue weighted by Gasteiger charge is -2.26. The normalized spacial score (nSPS) is 21.3. The molecule has 6 heteroatoms. The maximum Gasteiger partial charge on any atom is 0.222 e. The van der Waals surface area contributed by atoms with Crippen molar-refractivity contribution >= 4 is 30.1 Å². The van der Waals surface area contributed by atoms with E-state index < -0.39 is 0 Å². The molecule has 1 amide bonds. The van der Waals surface area contributed by atoms with Crippen LogP contribution >= 0.6 is 0 Å². The first-order chi connectivity index (χ1) is 13.6. The predicted octanol–water partition coefficient (Wildman–Crippen LogP) is 1.05. The lowest BCUT2D eigenvalue weighted by molar-refractivity contribution is -0.118. The molecule has 6 nitrogen and oxygen atoms in total. The number of hydrogen-bond acceptors (Lipinski definition) is 5. The quantitative estimate of drug-likeness (QED) is 0.615. The molecule has 1 fully saturated rings. The predicted molar refractivity (Wildman–Crippen MR) is 116 cm³/mol. The first-order valence-electron chi connectivity index (χ1n) is 9.78. The lowest BCUT2D eigenvalue weighted by Crippen LogP contribution is -2.38. The Morgan fingerprint density at radius 2 is 2.14 bits per heavy atom. The van der Waals surface area contributed by atoms with Crippen LogP contribution in [0.2, 0.25) is 0 Å². The number of nitrogens with one attached hydrogen (secondary N) is 3. The van der Waals surface area contributed by atoms with E-state index in [1.807, 2.05) is 18.4 Å². The van der Waals surface area contributed by atoms with Gasteiger partial charge < -0.3 is 21.7 Å². The molecule has 1 aromatic rings. The summed E-state index contributed by atoms with van der Waals surface area (Å²) in [7, 11) is 0. The van der Waals surface area contributed by atoms with E-state index in [0.717, 1.165) is 54.0 Å². The summed E-state index contributed by atoms with van der Waals surface area (Å²) in [5.74, 6) is 0.650. The molecule has 2 aliphatic heterocycles. The first kappa shape index (κ1) is 19.9. The van der Waals surface area contributed by atoms with Crippen molar-refractivity contribution in [1.82, 2.24) is 10.6 Å². The summed E-state index contributed by atoms with van der Waals surface area (Å²) < 4.78 is 0. The standard InChI is InChI=1S/C22H29N5O/c1-3-4-16-11-18(17-5-6-22(25-14-17)26-15(2)28)12-21(20(16)13-23)27-19-7-9-24-10-8-19/h3-4,6,11-14,17,19,24,27H,1,5,7-10,23H2,2H3,(H,26,28)/b16-4-,20-13+. The highest BCUT2D eigenvalue weighted by molar-refractivity contribution is 5.77. The number of amides is 1. The number of nitrogens with two attached hydrogens (primary N) is 1. The van der Waals surface area contributed by atoms with E-state index in [1.165, 1.54) is 6.92 Å². The summed E-state index contributed by atoms with van der Waals surface area (Å²) in [5, 5.41) is 11.8. The summed E-state index contributed by atoms with van der Waals surface area (Å²) >= 11 is 0. The van der Waals surface area contributed by atoms with E-state index >= 15 is 0 Å². The summed E-state index contributed by atoms with van der Waals surface area (Å²) in [6.45, 7) is 7.38. The topological polar surface area (TPSA) is 91.5 Å². The Morgan fingerprint density at radius 3 is 2.75 bits per heavy atom. The third-order valence-corrected chi connectivity index (χ3v) is 5.09. The molecule has 2 aliphatic rings. The van der Waals surface area contributed by atoms with Crippen LogP contribution < -0.4 is 32.1 Å². The number of hydrogen-bond donors (Lipinski definition) is 4. The van der Waals surface area contributed by atoms with Gasteiger partial charge in [0.2, 0.25) is 5.91 Å². The van der Waals surface area contributed by atoms with E-state index in [0.29, 0.717) is 11.9 Å². The van der Waals surface area contributed by atoms with Gasteiger partial charge in [0.15, 0.2) is 0 Å². The zero-order chi connectivity index (χ0) is 19.9. The first-order valence-corrected chi connectivity index (χ1v) is 9.78. The molecule has 1 aromatic carbocycles. The molecule has 1 saturated heterocycles. The molecule has 0 spiro atoms. The Morgan fingerprint density at radius 1 is 1.36 bits per heavy atom. The van der Waals surface area contributed by atoms with Crippen molar-refractivity contribution in [3.63, 3.8) is 0 Å². The molecule has 0 bridgehead atoms. The van der Waals surface area contributed by atoms with Crippen LogP contribution in [0, 0.1) is 0 Å². The number of aliphatic imine (C=N–C) groups is 1. The smallest absolute Gasteiger partial charge is 0.222 e. The number of carbonyl (C=O) groups is 1. The van der Waals surface area contributed by atoms with Gasteiger partial charge in [0, 0.05) is 42.2 Å². The Bertz CT molecular complexity index is 910. The van der Waals surface area contributed by atoms with Crippen molar-refractivity contribution in [3.05, 3.63) is 52.7 Å². The van der Waals surface area contributed by atoms with Crippen LogP contribution in [-0.2, 0) is 4.79 Å². The van der Waals surface area contributed by atoms with Crippen LogP contribution in [0.15, 0.2) is 41.7 Å². The summed E-state index contributed by atoms with van der Waals surface area (Å²) in [4.78, 5) is 15.6. The van der Waals surface area contributed by atoms with Gasteiger partial charge in [-0.2, -0.15) is 0 Å². The van der Waals surface area contributed by atoms with E-state index in [4.69, 9.17) is 5.73 Å². The number of benzene rings is 1. The maximum absolute atomic E-state index is 11.2. The average Bonchev–Trinajstić information content (AvgIpc) is 2.69. The number of nitrogens with zero attached hydrogens (tertiary/aromatic N) is 1. The molecule has 0 aliphatic carbocycles. The van der Waals surface area contributed by atoms with E-state index in [2.05, 4.69) is 39.7 Å². The van der Waals surface area contributed by atoms with Crippen molar-refractivity contribution in [2.45, 2.75) is 38.1 Å². The Labute approximate surface area is 166 Å². The Hall–Kier alpha value is -2.86. The van der Waals surface area contributed by atoms with Crippen LogP contribution in [0.3, 0.4) is 0 Å². The highest BCUT2D eigenvalue weighted by Crippen LogP contribution is 2.23. The second-order valence-corrected chi connectivity index (χ2v) is 7.20. The molecular formula is C22H29N5O. The average molecular weight is 380 g/mol. The monoisotopic (exact) mass is 379 g/mol. The molecule has 3 rings (SSSR count). The van der Waals surface area contributed by atoms with Gasteiger partial charge in [-0.25, -0.2) is 4.99 Å². The van der Waals surface area contributed by atoms with Gasteiger partial charge in [0.25, 0.3) is 0 Å². The number of piperidine rings is 1. The second-order valence-electron chi connectivity index (χ2n) is 7.20. The second kappa shape index (κ2) is 9.37. The lowest BCUT2D eigenvalue weighted by atomic mass is 9.93. The summed E-state index contributed by atoms with van der Waals surface area (Å²) in [6, 6.07) is 4.75. The molecule has 1 atom stereocenters. The van der Waals surface area contributed by atoms with Crippen molar-refractivity contribution in [2.24, 2.45) is 10.7 Å². The van der Waals surface area contributed by atoms with Gasteiger partial charge in [0.1, 0.15) is 5.82 Å². The van der Waals surface area contributed by atoms with E-state index in [9.17, 15) is 4.79 Å². The van der Waals surface area contributed by atoms with Gasteiger partial charge in [-0.15, -0.1) is 0 Å². The van der Waals surface area contributed by atoms with Crippen molar-refractivity contribution in [1.29, 1.82) is 0 Å². The molecular weight excluding hydrogens is 350 g/mol. The minimum absolute atomic E-state index is 0.110. The van der Waals surface area contributed by atoms with Gasteiger partial charge >= 0.3 is 0 Å². The fourth-order valence-electron chi connectivity index (χ4n) is 3.68. The highest BCUT2D eigenvalue weighted by atomic mass is 16.1. The van der Waals surface area contributed by atoms with Gasteiger partial charge in [-0.05, 0) is 55.3 Å². The van der Waals surface area contributed by atoms with Crippen LogP contribution in [0.1, 0.15) is 37.7 Å². The number of anilines is 1. The molecule has 148 valence electrons. The van der Waals surface area contributed by atoms with E-state index in [1.54, 1.807) is 12.3 Å². The summed E-state index contributed by atoms with van der Waals surface area (Å²) in [6.07, 6.45) is 12.2. The fourth-order valence-corrected chi connectivity index (χ4v) is 3.68. The minimum Gasteiger partial charge on any atom is -0.404 e. The van der Waals surface area contributed by atoms with Crippen molar-refractivity contribution in [2.75, 3.05) is 18.4 Å². The van der Waals surface area contributed by atoms with Crippen molar-refractivity contribution < 1.29 is 4.79 Å². The van der Waals surface area contributed by atoms with Gasteiger partial charge in [-0.3, -0.25) is 4.79 Å². The number of rotatable bonds is 5. The fraction of sp³-hybridized carbons (Fsp3) is 0.364. The SMILES string of the molecule is C=C/C=c1/cc(C2C=NC(NC(C)=O)=CC2)cc(NC2CCNCC2)/c1=C/N. The molecule has 28 heavy (non-hydrogen) atoms.